The third-order valence-corrected chi connectivity index (χ3v) is 4.11. The molecule has 1 aromatic heterocycles. The number of nitrogens with zero attached hydrogens (tertiary/aromatic N) is 3. The van der Waals surface area contributed by atoms with E-state index in [0.717, 1.165) is 17.0 Å². The molecule has 0 aliphatic carbocycles. The number of carbonyl (C=O) groups is 1. The highest BCUT2D eigenvalue weighted by Gasteiger charge is 2.10. The second kappa shape index (κ2) is 8.84. The summed E-state index contributed by atoms with van der Waals surface area (Å²) in [6.07, 6.45) is 3.42. The minimum Gasteiger partial charge on any atom is -0.497 e. The Morgan fingerprint density at radius 3 is 2.44 bits per heavy atom. The summed E-state index contributed by atoms with van der Waals surface area (Å²) in [4.78, 5) is 16.1. The molecule has 0 saturated heterocycles. The SMILES string of the molecule is COc1ccc(OCCC(=O)NC(C)c2ccc(-n3cncn3)cc2)cc1. The first kappa shape index (κ1) is 18.4. The van der Waals surface area contributed by atoms with Crippen molar-refractivity contribution >= 4 is 5.91 Å². The molecule has 3 rings (SSSR count). The van der Waals surface area contributed by atoms with Gasteiger partial charge in [0.05, 0.1) is 31.9 Å². The third-order valence-electron chi connectivity index (χ3n) is 4.11. The summed E-state index contributed by atoms with van der Waals surface area (Å²) >= 11 is 0. The zero-order valence-corrected chi connectivity index (χ0v) is 15.3. The molecule has 3 aromatic rings. The van der Waals surface area contributed by atoms with Gasteiger partial charge in [-0.2, -0.15) is 5.10 Å². The Bertz CT molecular complexity index is 846. The lowest BCUT2D eigenvalue weighted by Gasteiger charge is -2.15. The maximum atomic E-state index is 12.1. The van der Waals surface area contributed by atoms with E-state index < -0.39 is 0 Å². The lowest BCUT2D eigenvalue weighted by Crippen LogP contribution is -2.27. The summed E-state index contributed by atoms with van der Waals surface area (Å²) in [6.45, 7) is 2.27. The molecular formula is C20H22N4O3. The number of hydrogen-bond donors (Lipinski definition) is 1. The van der Waals surface area contributed by atoms with Crippen molar-refractivity contribution in [3.63, 3.8) is 0 Å². The number of benzene rings is 2. The van der Waals surface area contributed by atoms with Gasteiger partial charge in [-0.1, -0.05) is 12.1 Å². The predicted molar refractivity (Wildman–Crippen MR) is 101 cm³/mol. The van der Waals surface area contributed by atoms with Crippen LogP contribution >= 0.6 is 0 Å². The molecule has 0 bridgehead atoms. The number of nitrogens with one attached hydrogen (secondary N) is 1. The van der Waals surface area contributed by atoms with Crippen LogP contribution in [0.15, 0.2) is 61.2 Å². The van der Waals surface area contributed by atoms with Gasteiger partial charge in [-0.15, -0.1) is 0 Å². The first-order valence-corrected chi connectivity index (χ1v) is 8.67. The normalized spacial score (nSPS) is 11.6. The van der Waals surface area contributed by atoms with E-state index in [2.05, 4.69) is 15.4 Å². The fourth-order valence-electron chi connectivity index (χ4n) is 2.59. The summed E-state index contributed by atoms with van der Waals surface area (Å²) in [6, 6.07) is 15.0. The fraction of sp³-hybridized carbons (Fsp3) is 0.250. The fourth-order valence-corrected chi connectivity index (χ4v) is 2.59. The van der Waals surface area contributed by atoms with E-state index in [-0.39, 0.29) is 18.4 Å². The van der Waals surface area contributed by atoms with E-state index in [1.54, 1.807) is 18.1 Å². The summed E-state index contributed by atoms with van der Waals surface area (Å²) < 4.78 is 12.4. The summed E-state index contributed by atoms with van der Waals surface area (Å²) in [5.41, 5.74) is 1.94. The Balaban J connectivity index is 1.45. The highest BCUT2D eigenvalue weighted by Crippen LogP contribution is 2.18. The van der Waals surface area contributed by atoms with E-state index >= 15 is 0 Å². The van der Waals surface area contributed by atoms with Crippen molar-refractivity contribution in [2.45, 2.75) is 19.4 Å². The molecule has 1 unspecified atom stereocenters. The number of carbonyl (C=O) groups excluding carboxylic acids is 1. The molecule has 1 atom stereocenters. The van der Waals surface area contributed by atoms with Crippen LogP contribution in [0.2, 0.25) is 0 Å². The van der Waals surface area contributed by atoms with Gasteiger partial charge in [-0.3, -0.25) is 4.79 Å². The molecule has 0 fully saturated rings. The molecule has 1 amide bonds. The summed E-state index contributed by atoms with van der Waals surface area (Å²) in [7, 11) is 1.61. The second-order valence-electron chi connectivity index (χ2n) is 5.99. The standard InChI is InChI=1S/C20H22N4O3/c1-15(16-3-5-17(6-4-16)24-14-21-13-22-24)23-20(25)11-12-27-19-9-7-18(26-2)8-10-19/h3-10,13-15H,11-12H2,1-2H3,(H,23,25). The molecule has 2 aromatic carbocycles. The minimum absolute atomic E-state index is 0.0589. The number of ether oxygens (including phenoxy) is 2. The largest absolute Gasteiger partial charge is 0.497 e. The zero-order chi connectivity index (χ0) is 19.1. The van der Waals surface area contributed by atoms with E-state index in [9.17, 15) is 4.79 Å². The Kier molecular flexibility index (Phi) is 6.04. The van der Waals surface area contributed by atoms with Crippen LogP contribution in [-0.4, -0.2) is 34.4 Å². The van der Waals surface area contributed by atoms with Gasteiger partial charge in [-0.05, 0) is 48.9 Å². The molecule has 1 N–H and O–H groups in total. The van der Waals surface area contributed by atoms with Gasteiger partial charge < -0.3 is 14.8 Å². The van der Waals surface area contributed by atoms with Gasteiger partial charge in [0.15, 0.2) is 0 Å². The lowest BCUT2D eigenvalue weighted by molar-refractivity contribution is -0.122. The Labute approximate surface area is 158 Å². The highest BCUT2D eigenvalue weighted by atomic mass is 16.5. The molecule has 7 heteroatoms. The first-order valence-electron chi connectivity index (χ1n) is 8.67. The number of rotatable bonds is 8. The number of aromatic nitrogens is 3. The van der Waals surface area contributed by atoms with Gasteiger partial charge in [0.2, 0.25) is 5.91 Å². The molecule has 0 aliphatic rings. The van der Waals surface area contributed by atoms with Gasteiger partial charge in [0, 0.05) is 0 Å². The quantitative estimate of drug-likeness (QED) is 0.663. The minimum atomic E-state index is -0.0942. The molecule has 0 spiro atoms. The molecule has 0 radical (unpaired) electrons. The van der Waals surface area contributed by atoms with Gasteiger partial charge in [-0.25, -0.2) is 9.67 Å². The number of amides is 1. The van der Waals surface area contributed by atoms with Gasteiger partial charge in [0.25, 0.3) is 0 Å². The number of methoxy groups -OCH3 is 1. The lowest BCUT2D eigenvalue weighted by atomic mass is 10.1. The maximum Gasteiger partial charge on any atom is 0.223 e. The Morgan fingerprint density at radius 1 is 1.11 bits per heavy atom. The van der Waals surface area contributed by atoms with Crippen LogP contribution in [0.4, 0.5) is 0 Å². The van der Waals surface area contributed by atoms with Crippen molar-refractivity contribution in [1.82, 2.24) is 20.1 Å². The molecule has 140 valence electrons. The van der Waals surface area contributed by atoms with Gasteiger partial charge >= 0.3 is 0 Å². The smallest absolute Gasteiger partial charge is 0.223 e. The Hall–Kier alpha value is -3.35. The van der Waals surface area contributed by atoms with Crippen LogP contribution in [0.1, 0.15) is 24.9 Å². The average molecular weight is 366 g/mol. The predicted octanol–water partition coefficient (Wildman–Crippen LogP) is 2.92. The van der Waals surface area contributed by atoms with Crippen molar-refractivity contribution in [1.29, 1.82) is 0 Å². The zero-order valence-electron chi connectivity index (χ0n) is 15.3. The molecule has 27 heavy (non-hydrogen) atoms. The number of hydrogen-bond acceptors (Lipinski definition) is 5. The van der Waals surface area contributed by atoms with E-state index in [1.165, 1.54) is 6.33 Å². The summed E-state index contributed by atoms with van der Waals surface area (Å²) in [5.74, 6) is 1.42. The molecule has 0 aliphatic heterocycles. The van der Waals surface area contributed by atoms with Crippen molar-refractivity contribution in [3.8, 4) is 17.2 Å². The van der Waals surface area contributed by atoms with Crippen molar-refractivity contribution in [2.24, 2.45) is 0 Å². The topological polar surface area (TPSA) is 78.3 Å². The summed E-state index contributed by atoms with van der Waals surface area (Å²) in [5, 5.41) is 7.07. The van der Waals surface area contributed by atoms with Gasteiger partial charge in [0.1, 0.15) is 24.2 Å². The molecule has 0 saturated carbocycles. The van der Waals surface area contributed by atoms with E-state index in [0.29, 0.717) is 12.4 Å². The first-order chi connectivity index (χ1) is 13.2. The van der Waals surface area contributed by atoms with E-state index in [4.69, 9.17) is 9.47 Å². The third kappa shape index (κ3) is 5.07. The van der Waals surface area contributed by atoms with Crippen LogP contribution in [0.5, 0.6) is 11.5 Å². The molecule has 1 heterocycles. The van der Waals surface area contributed by atoms with Crippen LogP contribution < -0.4 is 14.8 Å². The highest BCUT2D eigenvalue weighted by molar-refractivity contribution is 5.76. The van der Waals surface area contributed by atoms with Crippen LogP contribution in [0.25, 0.3) is 5.69 Å². The monoisotopic (exact) mass is 366 g/mol. The van der Waals surface area contributed by atoms with Crippen LogP contribution in [0, 0.1) is 0 Å². The maximum absolute atomic E-state index is 12.1. The average Bonchev–Trinajstić information content (AvgIpc) is 3.23. The van der Waals surface area contributed by atoms with Crippen LogP contribution in [0.3, 0.4) is 0 Å². The van der Waals surface area contributed by atoms with Crippen LogP contribution in [-0.2, 0) is 4.79 Å². The van der Waals surface area contributed by atoms with E-state index in [1.807, 2.05) is 55.5 Å². The van der Waals surface area contributed by atoms with Crippen molar-refractivity contribution in [3.05, 3.63) is 66.7 Å². The molecular weight excluding hydrogens is 344 g/mol. The van der Waals surface area contributed by atoms with Crippen molar-refractivity contribution in [2.75, 3.05) is 13.7 Å². The Morgan fingerprint density at radius 2 is 1.81 bits per heavy atom. The molecule has 7 nitrogen and oxygen atoms in total. The van der Waals surface area contributed by atoms with Crippen molar-refractivity contribution < 1.29 is 14.3 Å². The second-order valence-corrected chi connectivity index (χ2v) is 5.99.